The van der Waals surface area contributed by atoms with Gasteiger partial charge in [0.05, 0.1) is 12.1 Å². The van der Waals surface area contributed by atoms with E-state index in [0.717, 1.165) is 61.5 Å². The Morgan fingerprint density at radius 2 is 1.74 bits per heavy atom. The van der Waals surface area contributed by atoms with E-state index < -0.39 is 0 Å². The van der Waals surface area contributed by atoms with Gasteiger partial charge in [-0.15, -0.1) is 0 Å². The third-order valence-electron chi connectivity index (χ3n) is 6.13. The largest absolute Gasteiger partial charge is 0.340 e. The molecule has 160 valence electrons. The third kappa shape index (κ3) is 4.33. The van der Waals surface area contributed by atoms with Gasteiger partial charge in [-0.05, 0) is 56.4 Å². The number of rotatable bonds is 6. The Balaban J connectivity index is 1.51. The van der Waals surface area contributed by atoms with Gasteiger partial charge < -0.3 is 14.3 Å². The first-order valence-electron chi connectivity index (χ1n) is 11.1. The van der Waals surface area contributed by atoms with E-state index in [1.807, 2.05) is 35.2 Å². The zero-order chi connectivity index (χ0) is 21.2. The molecular weight excluding hydrogens is 410 g/mol. The van der Waals surface area contributed by atoms with Crippen LogP contribution in [-0.4, -0.2) is 35.1 Å². The van der Waals surface area contributed by atoms with Gasteiger partial charge in [-0.1, -0.05) is 47.1 Å². The topological polar surface area (TPSA) is 49.6 Å². The number of halogens is 1. The molecule has 0 bridgehead atoms. The number of hydrogen-bond donors (Lipinski definition) is 0. The van der Waals surface area contributed by atoms with Crippen LogP contribution in [0.4, 0.5) is 5.88 Å². The van der Waals surface area contributed by atoms with E-state index in [-0.39, 0.29) is 11.9 Å². The molecule has 0 radical (unpaired) electrons. The lowest BCUT2D eigenvalue weighted by molar-refractivity contribution is 0.0730. The van der Waals surface area contributed by atoms with Crippen molar-refractivity contribution >= 4 is 23.4 Å². The fourth-order valence-electron chi connectivity index (χ4n) is 4.29. The summed E-state index contributed by atoms with van der Waals surface area (Å²) < 4.78 is 5.91. The molecule has 0 N–H and O–H groups in total. The first kappa shape index (κ1) is 20.1. The SMILES string of the molecule is O=C(c1ccc(Cl)cc1)N(Cc1c(-c2ccccc2)noc1N1CCCCC1)C1CC1. The van der Waals surface area contributed by atoms with E-state index >= 15 is 0 Å². The number of piperidine rings is 1. The fraction of sp³-hybridized carbons (Fsp3) is 0.360. The van der Waals surface area contributed by atoms with Crippen LogP contribution in [-0.2, 0) is 6.54 Å². The summed E-state index contributed by atoms with van der Waals surface area (Å²) in [4.78, 5) is 17.7. The molecule has 0 unspecified atom stereocenters. The zero-order valence-corrected chi connectivity index (χ0v) is 18.2. The average Bonchev–Trinajstić information content (AvgIpc) is 3.57. The van der Waals surface area contributed by atoms with Crippen LogP contribution in [0.25, 0.3) is 11.3 Å². The number of hydrogen-bond acceptors (Lipinski definition) is 4. The number of aromatic nitrogens is 1. The van der Waals surface area contributed by atoms with Crippen LogP contribution in [0.1, 0.15) is 48.0 Å². The summed E-state index contributed by atoms with van der Waals surface area (Å²) in [6.45, 7) is 2.42. The van der Waals surface area contributed by atoms with Crippen molar-refractivity contribution in [1.29, 1.82) is 0 Å². The number of carbonyl (C=O) groups excluding carboxylic acids is 1. The van der Waals surface area contributed by atoms with Crippen molar-refractivity contribution in [1.82, 2.24) is 10.1 Å². The summed E-state index contributed by atoms with van der Waals surface area (Å²) in [5.41, 5.74) is 3.51. The minimum absolute atomic E-state index is 0.0315. The van der Waals surface area contributed by atoms with E-state index in [2.05, 4.69) is 10.1 Å². The highest BCUT2D eigenvalue weighted by atomic mass is 35.5. The highest BCUT2D eigenvalue weighted by Crippen LogP contribution is 2.37. The molecule has 1 aliphatic carbocycles. The normalized spacial score (nSPS) is 16.4. The fourth-order valence-corrected chi connectivity index (χ4v) is 4.42. The van der Waals surface area contributed by atoms with Crippen molar-refractivity contribution in [2.75, 3.05) is 18.0 Å². The molecule has 0 spiro atoms. The number of anilines is 1. The van der Waals surface area contributed by atoms with Crippen LogP contribution in [0.3, 0.4) is 0 Å². The molecule has 1 aromatic heterocycles. The lowest BCUT2D eigenvalue weighted by Gasteiger charge is -2.28. The molecule has 2 fully saturated rings. The quantitative estimate of drug-likeness (QED) is 0.491. The van der Waals surface area contributed by atoms with Gasteiger partial charge in [-0.25, -0.2) is 0 Å². The molecule has 1 saturated heterocycles. The van der Waals surface area contributed by atoms with E-state index in [4.69, 9.17) is 16.1 Å². The maximum absolute atomic E-state index is 13.4. The first-order valence-corrected chi connectivity index (χ1v) is 11.4. The maximum Gasteiger partial charge on any atom is 0.254 e. The summed E-state index contributed by atoms with van der Waals surface area (Å²) in [5.74, 6) is 0.845. The summed E-state index contributed by atoms with van der Waals surface area (Å²) >= 11 is 6.03. The minimum atomic E-state index is 0.0315. The molecule has 2 heterocycles. The van der Waals surface area contributed by atoms with Gasteiger partial charge in [0.15, 0.2) is 0 Å². The molecule has 31 heavy (non-hydrogen) atoms. The van der Waals surface area contributed by atoms with Gasteiger partial charge in [0.1, 0.15) is 5.69 Å². The number of amides is 1. The highest BCUT2D eigenvalue weighted by molar-refractivity contribution is 6.30. The van der Waals surface area contributed by atoms with Gasteiger partial charge in [0.2, 0.25) is 5.88 Å². The average molecular weight is 436 g/mol. The van der Waals surface area contributed by atoms with Crippen molar-refractivity contribution in [2.45, 2.75) is 44.7 Å². The van der Waals surface area contributed by atoms with Crippen LogP contribution >= 0.6 is 11.6 Å². The first-order chi connectivity index (χ1) is 15.2. The predicted octanol–water partition coefficient (Wildman–Crippen LogP) is 5.79. The van der Waals surface area contributed by atoms with E-state index in [0.29, 0.717) is 17.1 Å². The third-order valence-corrected chi connectivity index (χ3v) is 6.38. The molecule has 1 saturated carbocycles. The zero-order valence-electron chi connectivity index (χ0n) is 17.5. The van der Waals surface area contributed by atoms with Crippen LogP contribution in [0, 0.1) is 0 Å². The van der Waals surface area contributed by atoms with Gasteiger partial charge in [-0.2, -0.15) is 0 Å². The Bertz CT molecular complexity index is 1040. The molecule has 5 nitrogen and oxygen atoms in total. The standard InChI is InChI=1S/C25H26ClN3O2/c26-20-11-9-19(10-12-20)24(30)29(21-13-14-21)17-22-23(18-7-3-1-4-8-18)27-31-25(22)28-15-5-2-6-16-28/h1,3-4,7-12,21H,2,5-6,13-17H2. The van der Waals surface area contributed by atoms with Crippen LogP contribution in [0.2, 0.25) is 5.02 Å². The van der Waals surface area contributed by atoms with E-state index in [9.17, 15) is 4.79 Å². The van der Waals surface area contributed by atoms with Gasteiger partial charge in [-0.3, -0.25) is 4.79 Å². The molecular formula is C25H26ClN3O2. The Labute approximate surface area is 187 Å². The smallest absolute Gasteiger partial charge is 0.254 e. The van der Waals surface area contributed by atoms with Crippen molar-refractivity contribution < 1.29 is 9.32 Å². The number of benzene rings is 2. The highest BCUT2D eigenvalue weighted by Gasteiger charge is 2.36. The molecule has 3 aromatic rings. The molecule has 6 heteroatoms. The Hall–Kier alpha value is -2.79. The Morgan fingerprint density at radius 3 is 2.42 bits per heavy atom. The second kappa shape index (κ2) is 8.75. The summed E-state index contributed by atoms with van der Waals surface area (Å²) in [6.07, 6.45) is 5.61. The lowest BCUT2D eigenvalue weighted by Crippen LogP contribution is -2.34. The van der Waals surface area contributed by atoms with Crippen LogP contribution < -0.4 is 4.90 Å². The maximum atomic E-state index is 13.4. The molecule has 0 atom stereocenters. The van der Waals surface area contributed by atoms with E-state index in [1.165, 1.54) is 6.42 Å². The molecule has 5 rings (SSSR count). The summed E-state index contributed by atoms with van der Waals surface area (Å²) in [6, 6.07) is 17.5. The molecule has 1 aliphatic heterocycles. The van der Waals surface area contributed by atoms with Crippen molar-refractivity contribution in [3.8, 4) is 11.3 Å². The van der Waals surface area contributed by atoms with Gasteiger partial charge >= 0.3 is 0 Å². The monoisotopic (exact) mass is 435 g/mol. The van der Waals surface area contributed by atoms with Crippen LogP contribution in [0.5, 0.6) is 0 Å². The van der Waals surface area contributed by atoms with Crippen molar-refractivity contribution in [3.63, 3.8) is 0 Å². The molecule has 2 aliphatic rings. The molecule has 2 aromatic carbocycles. The van der Waals surface area contributed by atoms with Crippen molar-refractivity contribution in [2.24, 2.45) is 0 Å². The van der Waals surface area contributed by atoms with Crippen molar-refractivity contribution in [3.05, 3.63) is 70.7 Å². The summed E-state index contributed by atoms with van der Waals surface area (Å²) in [7, 11) is 0. The Morgan fingerprint density at radius 1 is 1.03 bits per heavy atom. The Kier molecular flexibility index (Phi) is 5.68. The van der Waals surface area contributed by atoms with Gasteiger partial charge in [0, 0.05) is 35.3 Å². The second-order valence-corrected chi connectivity index (χ2v) is 8.84. The van der Waals surface area contributed by atoms with Crippen LogP contribution in [0.15, 0.2) is 59.1 Å². The summed E-state index contributed by atoms with van der Waals surface area (Å²) in [5, 5.41) is 5.10. The van der Waals surface area contributed by atoms with Gasteiger partial charge in [0.25, 0.3) is 5.91 Å². The van der Waals surface area contributed by atoms with E-state index in [1.54, 1.807) is 24.3 Å². The predicted molar refractivity (Wildman–Crippen MR) is 122 cm³/mol. The second-order valence-electron chi connectivity index (χ2n) is 8.40. The molecule has 1 amide bonds. The minimum Gasteiger partial charge on any atom is -0.340 e. The number of nitrogens with zero attached hydrogens (tertiary/aromatic N) is 3. The lowest BCUT2D eigenvalue weighted by atomic mass is 10.0. The number of carbonyl (C=O) groups is 1.